The molecule has 26 heavy (non-hydrogen) atoms. The van der Waals surface area contributed by atoms with Crippen LogP contribution in [-0.2, 0) is 9.47 Å². The Balaban J connectivity index is 1.73. The van der Waals surface area contributed by atoms with Gasteiger partial charge in [-0.2, -0.15) is 0 Å². The molecule has 0 radical (unpaired) electrons. The molecule has 3 aliphatic rings. The first-order valence-corrected chi connectivity index (χ1v) is 9.41. The summed E-state index contributed by atoms with van der Waals surface area (Å²) in [6.45, 7) is 8.56. The van der Waals surface area contributed by atoms with E-state index in [1.54, 1.807) is 0 Å². The molecule has 0 amide bonds. The van der Waals surface area contributed by atoms with E-state index in [4.69, 9.17) is 20.2 Å². The Hall–Kier alpha value is -2.12. The number of anilines is 2. The molecule has 7 heteroatoms. The van der Waals surface area contributed by atoms with Crippen molar-refractivity contribution < 1.29 is 9.47 Å². The van der Waals surface area contributed by atoms with Crippen LogP contribution in [0, 0.1) is 0 Å². The highest BCUT2D eigenvalue weighted by molar-refractivity contribution is 5.88. The van der Waals surface area contributed by atoms with Crippen molar-refractivity contribution in [2.45, 2.75) is 19.8 Å². The lowest BCUT2D eigenvalue weighted by Gasteiger charge is -2.32. The van der Waals surface area contributed by atoms with Crippen LogP contribution in [0.2, 0.25) is 0 Å². The molecule has 0 unspecified atom stereocenters. The number of pyridine rings is 1. The normalized spacial score (nSPS) is 21.8. The molecule has 1 aromatic heterocycles. The highest BCUT2D eigenvalue weighted by Crippen LogP contribution is 2.32. The highest BCUT2D eigenvalue weighted by atomic mass is 16.5. The maximum absolute atomic E-state index is 5.92. The number of hydrogen-bond acceptors (Lipinski definition) is 7. The van der Waals surface area contributed by atoms with Crippen molar-refractivity contribution in [3.63, 3.8) is 0 Å². The van der Waals surface area contributed by atoms with E-state index in [0.29, 0.717) is 0 Å². The summed E-state index contributed by atoms with van der Waals surface area (Å²) in [7, 11) is 0. The fourth-order valence-corrected chi connectivity index (χ4v) is 3.71. The predicted octanol–water partition coefficient (Wildman–Crippen LogP) is 1.64. The number of morpholine rings is 2. The fraction of sp³-hybridized carbons (Fsp3) is 0.579. The molecule has 0 spiro atoms. The van der Waals surface area contributed by atoms with Gasteiger partial charge in [0.05, 0.1) is 32.3 Å². The zero-order valence-electron chi connectivity index (χ0n) is 15.4. The molecule has 2 fully saturated rings. The van der Waals surface area contributed by atoms with Crippen molar-refractivity contribution in [1.29, 1.82) is 0 Å². The van der Waals surface area contributed by atoms with Gasteiger partial charge in [0.25, 0.3) is 0 Å². The van der Waals surface area contributed by atoms with E-state index in [0.717, 1.165) is 88.6 Å². The van der Waals surface area contributed by atoms with Crippen molar-refractivity contribution in [3.05, 3.63) is 23.4 Å². The van der Waals surface area contributed by atoms with E-state index in [2.05, 4.69) is 26.9 Å². The Morgan fingerprint density at radius 2 is 1.42 bits per heavy atom. The molecule has 0 atom stereocenters. The number of aliphatic imine (C=N–C) groups is 1. The van der Waals surface area contributed by atoms with E-state index < -0.39 is 0 Å². The van der Waals surface area contributed by atoms with Crippen molar-refractivity contribution in [2.24, 2.45) is 10.7 Å². The summed E-state index contributed by atoms with van der Waals surface area (Å²) in [6, 6.07) is 4.40. The third kappa shape index (κ3) is 3.68. The average Bonchev–Trinajstić information content (AvgIpc) is 2.69. The van der Waals surface area contributed by atoms with Crippen LogP contribution in [0.4, 0.5) is 11.6 Å². The molecule has 2 N–H and O–H groups in total. The number of ether oxygens (including phenoxy) is 2. The van der Waals surface area contributed by atoms with Crippen LogP contribution in [-0.4, -0.2) is 63.4 Å². The van der Waals surface area contributed by atoms with Gasteiger partial charge >= 0.3 is 0 Å². The maximum Gasteiger partial charge on any atom is 0.131 e. The third-order valence-corrected chi connectivity index (χ3v) is 5.20. The molecular formula is C19H27N5O2. The Bertz CT molecular complexity index is 682. The van der Waals surface area contributed by atoms with Crippen LogP contribution < -0.4 is 15.5 Å². The first-order valence-electron chi connectivity index (χ1n) is 9.41. The lowest BCUT2D eigenvalue weighted by Crippen LogP contribution is -2.39. The number of hydrogen-bond donors (Lipinski definition) is 1. The Labute approximate surface area is 154 Å². The molecule has 1 aromatic rings. The monoisotopic (exact) mass is 357 g/mol. The summed E-state index contributed by atoms with van der Waals surface area (Å²) in [5.74, 6) is 2.77. The zero-order valence-corrected chi connectivity index (χ0v) is 15.4. The topological polar surface area (TPSA) is 76.2 Å². The molecular weight excluding hydrogens is 330 g/mol. The SMILES string of the molecule is CC1=C(c2cc(N3CCOCC3)nc(N3CCOCC3)c2)CCC(N)=N1. The summed E-state index contributed by atoms with van der Waals surface area (Å²) in [5, 5.41) is 0. The van der Waals surface area contributed by atoms with Gasteiger partial charge in [-0.05, 0) is 36.6 Å². The van der Waals surface area contributed by atoms with Crippen molar-refractivity contribution in [2.75, 3.05) is 62.4 Å². The molecule has 4 heterocycles. The van der Waals surface area contributed by atoms with E-state index in [1.807, 2.05) is 6.92 Å². The van der Waals surface area contributed by atoms with E-state index >= 15 is 0 Å². The number of aromatic nitrogens is 1. The van der Waals surface area contributed by atoms with Gasteiger partial charge in [0.1, 0.15) is 11.6 Å². The summed E-state index contributed by atoms with van der Waals surface area (Å²) >= 11 is 0. The van der Waals surface area contributed by atoms with Crippen molar-refractivity contribution >= 4 is 23.0 Å². The minimum atomic E-state index is 0.724. The van der Waals surface area contributed by atoms with E-state index in [9.17, 15) is 0 Å². The van der Waals surface area contributed by atoms with Crippen molar-refractivity contribution in [1.82, 2.24) is 4.98 Å². The minimum absolute atomic E-state index is 0.724. The molecule has 4 rings (SSSR count). The van der Waals surface area contributed by atoms with Gasteiger partial charge < -0.3 is 25.0 Å². The van der Waals surface area contributed by atoms with Gasteiger partial charge in [0, 0.05) is 38.3 Å². The lowest BCUT2D eigenvalue weighted by atomic mass is 9.97. The van der Waals surface area contributed by atoms with Gasteiger partial charge in [-0.1, -0.05) is 0 Å². The molecule has 3 aliphatic heterocycles. The number of amidine groups is 1. The van der Waals surface area contributed by atoms with E-state index in [-0.39, 0.29) is 0 Å². The third-order valence-electron chi connectivity index (χ3n) is 5.20. The van der Waals surface area contributed by atoms with Crippen LogP contribution in [0.5, 0.6) is 0 Å². The largest absolute Gasteiger partial charge is 0.387 e. The minimum Gasteiger partial charge on any atom is -0.387 e. The van der Waals surface area contributed by atoms with Gasteiger partial charge in [-0.3, -0.25) is 0 Å². The smallest absolute Gasteiger partial charge is 0.131 e. The van der Waals surface area contributed by atoms with Crippen molar-refractivity contribution in [3.8, 4) is 0 Å². The average molecular weight is 357 g/mol. The molecule has 0 bridgehead atoms. The van der Waals surface area contributed by atoms with Crippen LogP contribution in [0.15, 0.2) is 22.8 Å². The Kier molecular flexibility index (Phi) is 5.08. The molecule has 2 saturated heterocycles. The predicted molar refractivity (Wildman–Crippen MR) is 104 cm³/mol. The summed E-state index contributed by atoms with van der Waals surface area (Å²) in [5.41, 5.74) is 9.41. The van der Waals surface area contributed by atoms with Gasteiger partial charge in [0.15, 0.2) is 0 Å². The number of allylic oxidation sites excluding steroid dienone is 2. The number of nitrogens with zero attached hydrogens (tertiary/aromatic N) is 4. The summed E-state index contributed by atoms with van der Waals surface area (Å²) in [4.78, 5) is 14.1. The molecule has 0 aliphatic carbocycles. The van der Waals surface area contributed by atoms with Crippen LogP contribution >= 0.6 is 0 Å². The molecule has 0 aromatic carbocycles. The van der Waals surface area contributed by atoms with Crippen LogP contribution in [0.25, 0.3) is 5.57 Å². The molecule has 0 saturated carbocycles. The number of nitrogens with two attached hydrogens (primary N) is 1. The molecule has 7 nitrogen and oxygen atoms in total. The molecule has 140 valence electrons. The van der Waals surface area contributed by atoms with E-state index in [1.165, 1.54) is 11.1 Å². The number of rotatable bonds is 3. The van der Waals surface area contributed by atoms with Gasteiger partial charge in [-0.15, -0.1) is 0 Å². The zero-order chi connectivity index (χ0) is 17.9. The first-order chi connectivity index (χ1) is 12.7. The standard InChI is InChI=1S/C19H27N5O2/c1-14-16(2-3-17(20)21-14)15-12-18(23-4-8-25-9-5-23)22-19(13-15)24-6-10-26-11-7-24/h12-13H,2-11H2,1H3,(H2,20,21). The second kappa shape index (κ2) is 7.63. The van der Waals surface area contributed by atoms with Crippen LogP contribution in [0.3, 0.4) is 0 Å². The van der Waals surface area contributed by atoms with Gasteiger partial charge in [0.2, 0.25) is 0 Å². The quantitative estimate of drug-likeness (QED) is 0.886. The lowest BCUT2D eigenvalue weighted by molar-refractivity contribution is 0.121. The summed E-state index contributed by atoms with van der Waals surface area (Å²) < 4.78 is 11.0. The van der Waals surface area contributed by atoms with Gasteiger partial charge in [-0.25, -0.2) is 9.98 Å². The first kappa shape index (κ1) is 17.3. The maximum atomic E-state index is 5.92. The van der Waals surface area contributed by atoms with Crippen LogP contribution in [0.1, 0.15) is 25.3 Å². The Morgan fingerprint density at radius 3 is 1.92 bits per heavy atom. The second-order valence-corrected chi connectivity index (χ2v) is 6.94. The summed E-state index contributed by atoms with van der Waals surface area (Å²) in [6.07, 6.45) is 1.74. The second-order valence-electron chi connectivity index (χ2n) is 6.94. The Morgan fingerprint density at radius 1 is 0.885 bits per heavy atom. The highest BCUT2D eigenvalue weighted by Gasteiger charge is 2.21. The fourth-order valence-electron chi connectivity index (χ4n) is 3.71.